The smallest absolute Gasteiger partial charge is 0.243 e. The third kappa shape index (κ3) is 5.12. The number of hydrogen-bond acceptors (Lipinski definition) is 4. The first kappa shape index (κ1) is 19.1. The Hall–Kier alpha value is -1.25. The molecule has 1 aromatic rings. The molecule has 1 heterocycles. The maximum absolute atomic E-state index is 12.6. The molecule has 1 aliphatic rings. The van der Waals surface area contributed by atoms with Crippen molar-refractivity contribution in [2.45, 2.75) is 43.5 Å². The topological polar surface area (TPSA) is 83.6 Å². The van der Waals surface area contributed by atoms with Crippen LogP contribution in [0.3, 0.4) is 0 Å². The van der Waals surface area contributed by atoms with E-state index in [1.54, 1.807) is 24.3 Å². The molecule has 1 fully saturated rings. The highest BCUT2D eigenvalue weighted by Crippen LogP contribution is 2.22. The molecule has 8 heteroatoms. The standard InChI is InChI=1S/C16H21BrN2O4S/c1-12(20)2-7-16(21)18-14-8-10-19(11-9-14)24(22,23)15-5-3-13(17)4-6-15/h3-6,14H,2,7-11H2,1H3,(H,18,21). The van der Waals surface area contributed by atoms with E-state index in [1.165, 1.54) is 11.2 Å². The summed E-state index contributed by atoms with van der Waals surface area (Å²) in [5.74, 6) is -0.167. The first-order chi connectivity index (χ1) is 11.3. The van der Waals surface area contributed by atoms with Gasteiger partial charge in [0.2, 0.25) is 15.9 Å². The van der Waals surface area contributed by atoms with Crippen molar-refractivity contribution in [1.29, 1.82) is 0 Å². The van der Waals surface area contributed by atoms with Gasteiger partial charge in [-0.25, -0.2) is 8.42 Å². The predicted octanol–water partition coefficient (Wildman–Crippen LogP) is 2.09. The maximum atomic E-state index is 12.6. The average molecular weight is 417 g/mol. The van der Waals surface area contributed by atoms with Gasteiger partial charge in [-0.1, -0.05) is 15.9 Å². The molecule has 0 aromatic heterocycles. The van der Waals surface area contributed by atoms with Crippen LogP contribution in [0.5, 0.6) is 0 Å². The zero-order valence-electron chi connectivity index (χ0n) is 13.5. The number of nitrogens with zero attached hydrogens (tertiary/aromatic N) is 1. The van der Waals surface area contributed by atoms with Crippen molar-refractivity contribution in [2.24, 2.45) is 0 Å². The second-order valence-corrected chi connectivity index (χ2v) is 8.76. The first-order valence-corrected chi connectivity index (χ1v) is 10.1. The predicted molar refractivity (Wildman–Crippen MR) is 94.0 cm³/mol. The number of sulfonamides is 1. The van der Waals surface area contributed by atoms with E-state index < -0.39 is 10.0 Å². The second kappa shape index (κ2) is 8.22. The van der Waals surface area contributed by atoms with Crippen LogP contribution < -0.4 is 5.32 Å². The lowest BCUT2D eigenvalue weighted by Crippen LogP contribution is -2.46. The Kier molecular flexibility index (Phi) is 6.54. The van der Waals surface area contributed by atoms with Gasteiger partial charge in [0.05, 0.1) is 4.90 Å². The minimum Gasteiger partial charge on any atom is -0.353 e. The largest absolute Gasteiger partial charge is 0.353 e. The Balaban J connectivity index is 1.89. The molecule has 0 saturated carbocycles. The van der Waals surface area contributed by atoms with Gasteiger partial charge in [-0.15, -0.1) is 0 Å². The van der Waals surface area contributed by atoms with Gasteiger partial charge in [-0.2, -0.15) is 4.31 Å². The number of halogens is 1. The van der Waals surface area contributed by atoms with Gasteiger partial charge in [0.1, 0.15) is 5.78 Å². The van der Waals surface area contributed by atoms with E-state index in [0.717, 1.165) is 4.47 Å². The molecule has 0 bridgehead atoms. The van der Waals surface area contributed by atoms with Gasteiger partial charge in [0.15, 0.2) is 0 Å². The normalized spacial score (nSPS) is 16.8. The third-order valence-electron chi connectivity index (χ3n) is 3.97. The van der Waals surface area contributed by atoms with Crippen molar-refractivity contribution in [3.05, 3.63) is 28.7 Å². The van der Waals surface area contributed by atoms with Gasteiger partial charge in [-0.05, 0) is 44.0 Å². The number of piperidine rings is 1. The number of carbonyl (C=O) groups is 2. The summed E-state index contributed by atoms with van der Waals surface area (Å²) in [5.41, 5.74) is 0. The molecule has 0 aliphatic carbocycles. The van der Waals surface area contributed by atoms with Gasteiger partial charge in [-0.3, -0.25) is 4.79 Å². The molecule has 0 atom stereocenters. The fourth-order valence-electron chi connectivity index (χ4n) is 2.59. The molecule has 1 N–H and O–H groups in total. The minimum atomic E-state index is -3.50. The minimum absolute atomic E-state index is 0.0134. The van der Waals surface area contributed by atoms with E-state index in [0.29, 0.717) is 25.9 Å². The summed E-state index contributed by atoms with van der Waals surface area (Å²) in [6.45, 7) is 2.20. The van der Waals surface area contributed by atoms with Crippen LogP contribution in [0.1, 0.15) is 32.6 Å². The van der Waals surface area contributed by atoms with Crippen LogP contribution in [0.25, 0.3) is 0 Å². The van der Waals surface area contributed by atoms with Crippen molar-refractivity contribution in [3.63, 3.8) is 0 Å². The number of ketones is 1. The monoisotopic (exact) mass is 416 g/mol. The van der Waals surface area contributed by atoms with Crippen LogP contribution in [0.15, 0.2) is 33.6 Å². The molecule has 1 aromatic carbocycles. The SMILES string of the molecule is CC(=O)CCC(=O)NC1CCN(S(=O)(=O)c2ccc(Br)cc2)CC1. The number of Topliss-reactive ketones (excluding diaryl/α,β-unsaturated/α-hetero) is 1. The van der Waals surface area contributed by atoms with Crippen molar-refractivity contribution in [1.82, 2.24) is 9.62 Å². The van der Waals surface area contributed by atoms with Crippen LogP contribution >= 0.6 is 15.9 Å². The first-order valence-electron chi connectivity index (χ1n) is 7.83. The lowest BCUT2D eigenvalue weighted by molar-refractivity contribution is -0.125. The molecule has 1 amide bonds. The molecule has 0 spiro atoms. The highest BCUT2D eigenvalue weighted by molar-refractivity contribution is 9.10. The van der Waals surface area contributed by atoms with Gasteiger partial charge < -0.3 is 10.1 Å². The van der Waals surface area contributed by atoms with E-state index in [1.807, 2.05) is 0 Å². The summed E-state index contributed by atoms with van der Waals surface area (Å²) in [6.07, 6.45) is 1.57. The summed E-state index contributed by atoms with van der Waals surface area (Å²) in [7, 11) is -3.50. The molecule has 1 aliphatic heterocycles. The Morgan fingerprint density at radius 1 is 1.17 bits per heavy atom. The summed E-state index contributed by atoms with van der Waals surface area (Å²) in [4.78, 5) is 22.9. The van der Waals surface area contributed by atoms with E-state index in [9.17, 15) is 18.0 Å². The number of amides is 1. The van der Waals surface area contributed by atoms with Crippen molar-refractivity contribution in [2.75, 3.05) is 13.1 Å². The van der Waals surface area contributed by atoms with E-state index in [2.05, 4.69) is 21.2 Å². The van der Waals surface area contributed by atoms with E-state index >= 15 is 0 Å². The van der Waals surface area contributed by atoms with Crippen LogP contribution in [0, 0.1) is 0 Å². The van der Waals surface area contributed by atoms with Crippen molar-refractivity contribution in [3.8, 4) is 0 Å². The molecule has 1 saturated heterocycles. The molecule has 132 valence electrons. The molecule has 0 radical (unpaired) electrons. The number of rotatable bonds is 6. The maximum Gasteiger partial charge on any atom is 0.243 e. The molecule has 6 nitrogen and oxygen atoms in total. The fourth-order valence-corrected chi connectivity index (χ4v) is 4.32. The Morgan fingerprint density at radius 3 is 2.29 bits per heavy atom. The van der Waals surface area contributed by atoms with Crippen molar-refractivity contribution >= 4 is 37.6 Å². The highest BCUT2D eigenvalue weighted by atomic mass is 79.9. The van der Waals surface area contributed by atoms with Crippen molar-refractivity contribution < 1.29 is 18.0 Å². The molecule has 0 unspecified atom stereocenters. The zero-order chi connectivity index (χ0) is 17.7. The number of nitrogens with one attached hydrogen (secondary N) is 1. The second-order valence-electron chi connectivity index (χ2n) is 5.90. The number of hydrogen-bond donors (Lipinski definition) is 1. The molecule has 24 heavy (non-hydrogen) atoms. The third-order valence-corrected chi connectivity index (χ3v) is 6.42. The van der Waals surface area contributed by atoms with Crippen LogP contribution in [-0.2, 0) is 19.6 Å². The summed E-state index contributed by atoms with van der Waals surface area (Å²) in [5, 5.41) is 2.87. The molecular formula is C16H21BrN2O4S. The zero-order valence-corrected chi connectivity index (χ0v) is 15.9. The van der Waals surface area contributed by atoms with E-state index in [4.69, 9.17) is 0 Å². The summed E-state index contributed by atoms with van der Waals surface area (Å²) < 4.78 is 27.5. The quantitative estimate of drug-likeness (QED) is 0.769. The average Bonchev–Trinajstić information content (AvgIpc) is 2.54. The fraction of sp³-hybridized carbons (Fsp3) is 0.500. The summed E-state index contributed by atoms with van der Waals surface area (Å²) >= 11 is 3.29. The van der Waals surface area contributed by atoms with Gasteiger partial charge >= 0.3 is 0 Å². The van der Waals surface area contributed by atoms with Crippen LogP contribution in [-0.4, -0.2) is 43.5 Å². The Bertz CT molecular complexity index is 695. The van der Waals surface area contributed by atoms with Crippen LogP contribution in [0.4, 0.5) is 0 Å². The lowest BCUT2D eigenvalue weighted by atomic mass is 10.1. The number of benzene rings is 1. The number of carbonyl (C=O) groups excluding carboxylic acids is 2. The molecular weight excluding hydrogens is 396 g/mol. The van der Waals surface area contributed by atoms with Gasteiger partial charge in [0.25, 0.3) is 0 Å². The summed E-state index contributed by atoms with van der Waals surface area (Å²) in [6, 6.07) is 6.52. The van der Waals surface area contributed by atoms with E-state index in [-0.39, 0.29) is 35.5 Å². The lowest BCUT2D eigenvalue weighted by Gasteiger charge is -2.31. The Morgan fingerprint density at radius 2 is 1.75 bits per heavy atom. The van der Waals surface area contributed by atoms with Gasteiger partial charge in [0, 0.05) is 36.4 Å². The molecule has 2 rings (SSSR count). The highest BCUT2D eigenvalue weighted by Gasteiger charge is 2.29. The van der Waals surface area contributed by atoms with Crippen LogP contribution in [0.2, 0.25) is 0 Å². The Labute approximate surface area is 150 Å².